The SMILES string of the molecule is Nc1nc[n+](Cc2ccccc2)c2nc[nH]c12.[Cl-]. The second-order valence-corrected chi connectivity index (χ2v) is 3.84. The van der Waals surface area contributed by atoms with E-state index < -0.39 is 0 Å². The molecule has 0 saturated heterocycles. The van der Waals surface area contributed by atoms with E-state index in [2.05, 4.69) is 27.1 Å². The van der Waals surface area contributed by atoms with Crippen molar-refractivity contribution in [2.24, 2.45) is 0 Å². The van der Waals surface area contributed by atoms with Crippen molar-refractivity contribution < 1.29 is 17.0 Å². The van der Waals surface area contributed by atoms with Gasteiger partial charge in [0, 0.05) is 0 Å². The number of nitrogen functional groups attached to an aromatic ring is 1. The molecule has 2 heterocycles. The number of anilines is 1. The summed E-state index contributed by atoms with van der Waals surface area (Å²) in [5, 5.41) is 0. The Morgan fingerprint density at radius 2 is 1.94 bits per heavy atom. The van der Waals surface area contributed by atoms with Gasteiger partial charge in [-0.15, -0.1) is 0 Å². The lowest BCUT2D eigenvalue weighted by atomic mass is 10.2. The Kier molecular flexibility index (Phi) is 3.43. The molecular formula is C12H12ClN5. The highest BCUT2D eigenvalue weighted by atomic mass is 35.5. The van der Waals surface area contributed by atoms with Gasteiger partial charge in [-0.1, -0.05) is 40.3 Å². The topological polar surface area (TPSA) is 71.5 Å². The average Bonchev–Trinajstić information content (AvgIpc) is 2.84. The maximum atomic E-state index is 5.77. The average molecular weight is 262 g/mol. The van der Waals surface area contributed by atoms with Crippen molar-refractivity contribution in [1.29, 1.82) is 0 Å². The summed E-state index contributed by atoms with van der Waals surface area (Å²) in [4.78, 5) is 11.4. The predicted molar refractivity (Wildman–Crippen MR) is 64.0 cm³/mol. The minimum absolute atomic E-state index is 0. The lowest BCUT2D eigenvalue weighted by molar-refractivity contribution is -0.667. The summed E-state index contributed by atoms with van der Waals surface area (Å²) in [6, 6.07) is 10.2. The third-order valence-electron chi connectivity index (χ3n) is 2.68. The van der Waals surface area contributed by atoms with E-state index >= 15 is 0 Å². The van der Waals surface area contributed by atoms with Crippen LogP contribution in [-0.2, 0) is 6.54 Å². The second kappa shape index (κ2) is 5.01. The zero-order valence-electron chi connectivity index (χ0n) is 9.55. The number of imidazole rings is 1. The molecule has 0 aliphatic rings. The number of rotatable bonds is 2. The number of benzene rings is 1. The Labute approximate surface area is 110 Å². The highest BCUT2D eigenvalue weighted by Crippen LogP contribution is 2.09. The van der Waals surface area contributed by atoms with Crippen molar-refractivity contribution in [2.75, 3.05) is 5.73 Å². The molecule has 5 nitrogen and oxygen atoms in total. The number of nitrogens with one attached hydrogen (secondary N) is 1. The minimum atomic E-state index is 0. The van der Waals surface area contributed by atoms with Gasteiger partial charge in [-0.2, -0.15) is 0 Å². The zero-order valence-corrected chi connectivity index (χ0v) is 10.3. The molecule has 0 atom stereocenters. The first-order valence-electron chi connectivity index (χ1n) is 5.35. The fourth-order valence-electron chi connectivity index (χ4n) is 1.84. The van der Waals surface area contributed by atoms with E-state index in [1.165, 1.54) is 5.56 Å². The number of nitrogens with zero attached hydrogens (tertiary/aromatic N) is 3. The molecule has 0 spiro atoms. The lowest BCUT2D eigenvalue weighted by Gasteiger charge is -2.01. The summed E-state index contributed by atoms with van der Waals surface area (Å²) in [5.41, 5.74) is 8.57. The molecule has 0 unspecified atom stereocenters. The van der Waals surface area contributed by atoms with Crippen LogP contribution in [0.4, 0.5) is 5.82 Å². The first-order chi connectivity index (χ1) is 8.34. The number of halogens is 1. The van der Waals surface area contributed by atoms with Gasteiger partial charge in [0.2, 0.25) is 12.1 Å². The lowest BCUT2D eigenvalue weighted by Crippen LogP contribution is -3.00. The summed E-state index contributed by atoms with van der Waals surface area (Å²) in [7, 11) is 0. The summed E-state index contributed by atoms with van der Waals surface area (Å²) >= 11 is 0. The number of fused-ring (bicyclic) bond motifs is 1. The van der Waals surface area contributed by atoms with Crippen LogP contribution in [0.3, 0.4) is 0 Å². The van der Waals surface area contributed by atoms with E-state index in [9.17, 15) is 0 Å². The molecule has 0 bridgehead atoms. The van der Waals surface area contributed by atoms with Crippen molar-refractivity contribution in [3.05, 3.63) is 48.5 Å². The van der Waals surface area contributed by atoms with Crippen LogP contribution in [0.2, 0.25) is 0 Å². The Balaban J connectivity index is 0.00000120. The van der Waals surface area contributed by atoms with Gasteiger partial charge in [0.05, 0.1) is 6.54 Å². The number of aromatic amines is 1. The first kappa shape index (κ1) is 12.3. The normalized spacial score (nSPS) is 10.2. The molecule has 0 radical (unpaired) electrons. The van der Waals surface area contributed by atoms with Crippen molar-refractivity contribution >= 4 is 17.0 Å². The number of nitrogens with two attached hydrogens (primary N) is 1. The minimum Gasteiger partial charge on any atom is -1.00 e. The van der Waals surface area contributed by atoms with E-state index in [4.69, 9.17) is 5.73 Å². The molecular weight excluding hydrogens is 250 g/mol. The highest BCUT2D eigenvalue weighted by molar-refractivity contribution is 5.78. The van der Waals surface area contributed by atoms with Crippen LogP contribution < -0.4 is 22.7 Å². The molecule has 0 fully saturated rings. The van der Waals surface area contributed by atoms with E-state index in [-0.39, 0.29) is 12.4 Å². The molecule has 6 heteroatoms. The van der Waals surface area contributed by atoms with E-state index in [1.54, 1.807) is 12.7 Å². The molecule has 0 saturated carbocycles. The maximum absolute atomic E-state index is 5.77. The molecule has 0 aliphatic heterocycles. The van der Waals surface area contributed by atoms with Gasteiger partial charge in [0.15, 0.2) is 11.8 Å². The summed E-state index contributed by atoms with van der Waals surface area (Å²) in [5.74, 6) is 0.474. The Bertz CT molecular complexity index is 650. The highest BCUT2D eigenvalue weighted by Gasteiger charge is 2.14. The van der Waals surface area contributed by atoms with Crippen LogP contribution in [0.1, 0.15) is 5.56 Å². The molecule has 92 valence electrons. The van der Waals surface area contributed by atoms with E-state index in [0.717, 1.165) is 17.7 Å². The maximum Gasteiger partial charge on any atom is 0.293 e. The van der Waals surface area contributed by atoms with Gasteiger partial charge >= 0.3 is 0 Å². The second-order valence-electron chi connectivity index (χ2n) is 3.84. The van der Waals surface area contributed by atoms with Gasteiger partial charge in [0.25, 0.3) is 5.65 Å². The monoisotopic (exact) mass is 261 g/mol. The van der Waals surface area contributed by atoms with Gasteiger partial charge in [-0.05, 0) is 5.56 Å². The number of hydrogen-bond donors (Lipinski definition) is 2. The van der Waals surface area contributed by atoms with Crippen LogP contribution in [0.15, 0.2) is 43.0 Å². The fraction of sp³-hybridized carbons (Fsp3) is 0.0833. The number of H-pyrrole nitrogens is 1. The standard InChI is InChI=1S/C12H11N5.ClH/c13-11-10-12(15-7-14-10)17(8-16-11)6-9-4-2-1-3-5-9;/h1-5,7-8H,6H2,(H2,13,14,15);1H. The van der Waals surface area contributed by atoms with Gasteiger partial charge in [-0.3, -0.25) is 0 Å². The third kappa shape index (κ3) is 2.12. The largest absolute Gasteiger partial charge is 1.00 e. The van der Waals surface area contributed by atoms with Crippen LogP contribution >= 0.6 is 0 Å². The smallest absolute Gasteiger partial charge is 0.293 e. The molecule has 18 heavy (non-hydrogen) atoms. The first-order valence-corrected chi connectivity index (χ1v) is 5.35. The third-order valence-corrected chi connectivity index (χ3v) is 2.68. The van der Waals surface area contributed by atoms with Gasteiger partial charge < -0.3 is 23.1 Å². The summed E-state index contributed by atoms with van der Waals surface area (Å²) in [6.45, 7) is 0.732. The Morgan fingerprint density at radius 1 is 1.17 bits per heavy atom. The molecule has 3 aromatic rings. The van der Waals surface area contributed by atoms with Crippen molar-refractivity contribution in [3.63, 3.8) is 0 Å². The molecule has 3 rings (SSSR count). The molecule has 3 N–H and O–H groups in total. The summed E-state index contributed by atoms with van der Waals surface area (Å²) in [6.07, 6.45) is 3.34. The predicted octanol–water partition coefficient (Wildman–Crippen LogP) is -2.12. The Hall–Kier alpha value is -2.14. The number of aromatic nitrogens is 4. The van der Waals surface area contributed by atoms with Crippen LogP contribution in [-0.4, -0.2) is 15.0 Å². The molecule has 0 aliphatic carbocycles. The zero-order chi connectivity index (χ0) is 11.7. The van der Waals surface area contributed by atoms with Crippen LogP contribution in [0, 0.1) is 0 Å². The van der Waals surface area contributed by atoms with E-state index in [1.807, 2.05) is 22.8 Å². The van der Waals surface area contributed by atoms with Gasteiger partial charge in [0.1, 0.15) is 0 Å². The molecule has 1 aromatic carbocycles. The summed E-state index contributed by atoms with van der Waals surface area (Å²) < 4.78 is 1.97. The van der Waals surface area contributed by atoms with Crippen LogP contribution in [0.5, 0.6) is 0 Å². The fourth-order valence-corrected chi connectivity index (χ4v) is 1.84. The van der Waals surface area contributed by atoms with Gasteiger partial charge in [-0.25, -0.2) is 4.57 Å². The molecule has 2 aromatic heterocycles. The number of hydrogen-bond acceptors (Lipinski definition) is 3. The quantitative estimate of drug-likeness (QED) is 0.518. The molecule has 0 amide bonds. The van der Waals surface area contributed by atoms with Crippen LogP contribution in [0.25, 0.3) is 11.2 Å². The van der Waals surface area contributed by atoms with E-state index in [0.29, 0.717) is 5.82 Å². The Morgan fingerprint density at radius 3 is 2.72 bits per heavy atom. The van der Waals surface area contributed by atoms with Crippen molar-refractivity contribution in [3.8, 4) is 0 Å². The van der Waals surface area contributed by atoms with Crippen molar-refractivity contribution in [2.45, 2.75) is 6.54 Å². The van der Waals surface area contributed by atoms with Crippen molar-refractivity contribution in [1.82, 2.24) is 15.0 Å².